The highest BCUT2D eigenvalue weighted by molar-refractivity contribution is 7.71. The van der Waals surface area contributed by atoms with Crippen molar-refractivity contribution in [2.75, 3.05) is 0 Å². The van der Waals surface area contributed by atoms with Gasteiger partial charge in [-0.15, -0.1) is 6.58 Å². The van der Waals surface area contributed by atoms with Crippen LogP contribution in [0, 0.1) is 4.77 Å². The van der Waals surface area contributed by atoms with E-state index in [2.05, 4.69) is 22.1 Å². The number of H-pyrrole nitrogens is 1. The van der Waals surface area contributed by atoms with Crippen LogP contribution in [0.5, 0.6) is 0 Å². The monoisotopic (exact) mass is 308 g/mol. The minimum absolute atomic E-state index is 0.255. The van der Waals surface area contributed by atoms with Crippen molar-refractivity contribution < 1.29 is 4.79 Å². The Morgan fingerprint density at radius 3 is 3.00 bits per heavy atom. The summed E-state index contributed by atoms with van der Waals surface area (Å²) in [6, 6.07) is 6.87. The summed E-state index contributed by atoms with van der Waals surface area (Å²) in [5, 5.41) is 9.93. The molecule has 0 atom stereocenters. The first-order valence-corrected chi connectivity index (χ1v) is 6.70. The van der Waals surface area contributed by atoms with Crippen molar-refractivity contribution in [2.45, 2.75) is 13.1 Å². The van der Waals surface area contributed by atoms with Gasteiger partial charge in [-0.05, 0) is 24.4 Å². The highest BCUT2D eigenvalue weighted by Crippen LogP contribution is 2.14. The molecule has 1 amide bonds. The summed E-state index contributed by atoms with van der Waals surface area (Å²) >= 11 is 11.1. The first-order chi connectivity index (χ1) is 9.63. The van der Waals surface area contributed by atoms with Crippen molar-refractivity contribution in [2.24, 2.45) is 0 Å². The molecule has 0 saturated heterocycles. The summed E-state index contributed by atoms with van der Waals surface area (Å²) < 4.78 is 2.25. The molecule has 1 aromatic heterocycles. The van der Waals surface area contributed by atoms with Crippen molar-refractivity contribution >= 4 is 29.7 Å². The van der Waals surface area contributed by atoms with Gasteiger partial charge >= 0.3 is 0 Å². The normalized spacial score (nSPS) is 10.2. The number of hydrogen-bond acceptors (Lipinski definition) is 3. The average Bonchev–Trinajstić information content (AvgIpc) is 2.78. The summed E-state index contributed by atoms with van der Waals surface area (Å²) in [5.41, 5.74) is 0.429. The number of carbonyl (C=O) groups excluding carboxylic acids is 1. The minimum atomic E-state index is -0.255. The lowest BCUT2D eigenvalue weighted by molar-refractivity contribution is 0.0949. The number of aromatic nitrogens is 3. The quantitative estimate of drug-likeness (QED) is 0.659. The predicted octanol–water partition coefficient (Wildman–Crippen LogP) is 2.71. The molecule has 2 aromatic rings. The first kappa shape index (κ1) is 14.5. The molecule has 0 bridgehead atoms. The van der Waals surface area contributed by atoms with E-state index in [0.717, 1.165) is 0 Å². The lowest BCUT2D eigenvalue weighted by Crippen LogP contribution is -2.25. The largest absolute Gasteiger partial charge is 0.345 e. The molecular weight excluding hydrogens is 296 g/mol. The number of halogens is 1. The van der Waals surface area contributed by atoms with E-state index in [1.54, 1.807) is 34.9 Å². The average molecular weight is 309 g/mol. The molecule has 7 heteroatoms. The molecule has 0 aliphatic rings. The number of rotatable bonds is 5. The van der Waals surface area contributed by atoms with E-state index < -0.39 is 0 Å². The molecule has 1 aromatic carbocycles. The SMILES string of the molecule is C=CCn1c(CNC(=O)c2ccccc2Cl)n[nH]c1=S. The minimum Gasteiger partial charge on any atom is -0.345 e. The smallest absolute Gasteiger partial charge is 0.253 e. The third kappa shape index (κ3) is 3.15. The Bertz CT molecular complexity index is 692. The maximum absolute atomic E-state index is 12.0. The second-order valence-electron chi connectivity index (χ2n) is 4.01. The molecule has 0 radical (unpaired) electrons. The fourth-order valence-electron chi connectivity index (χ4n) is 1.70. The predicted molar refractivity (Wildman–Crippen MR) is 80.2 cm³/mol. The van der Waals surface area contributed by atoms with E-state index in [9.17, 15) is 4.79 Å². The van der Waals surface area contributed by atoms with Crippen LogP contribution in [0.25, 0.3) is 0 Å². The topological polar surface area (TPSA) is 62.7 Å². The molecule has 2 rings (SSSR count). The number of hydrogen-bond donors (Lipinski definition) is 2. The molecule has 0 unspecified atom stereocenters. The van der Waals surface area contributed by atoms with Gasteiger partial charge in [-0.25, -0.2) is 0 Å². The van der Waals surface area contributed by atoms with Crippen LogP contribution >= 0.6 is 23.8 Å². The molecule has 0 aliphatic heterocycles. The third-order valence-corrected chi connectivity index (χ3v) is 3.32. The van der Waals surface area contributed by atoms with Crippen LogP contribution in [0.2, 0.25) is 5.02 Å². The molecule has 2 N–H and O–H groups in total. The van der Waals surface area contributed by atoms with Crippen molar-refractivity contribution in [1.29, 1.82) is 0 Å². The molecule has 5 nitrogen and oxygen atoms in total. The number of nitrogens with one attached hydrogen (secondary N) is 2. The highest BCUT2D eigenvalue weighted by Gasteiger charge is 2.11. The molecule has 0 fully saturated rings. The summed E-state index contributed by atoms with van der Waals surface area (Å²) in [4.78, 5) is 12.0. The lowest BCUT2D eigenvalue weighted by atomic mass is 10.2. The van der Waals surface area contributed by atoms with Crippen LogP contribution in [0.1, 0.15) is 16.2 Å². The van der Waals surface area contributed by atoms with Crippen LogP contribution in [0.3, 0.4) is 0 Å². The van der Waals surface area contributed by atoms with Crippen LogP contribution in [0.4, 0.5) is 0 Å². The lowest BCUT2D eigenvalue weighted by Gasteiger charge is -2.07. The maximum Gasteiger partial charge on any atom is 0.253 e. The van der Waals surface area contributed by atoms with E-state index >= 15 is 0 Å². The van der Waals surface area contributed by atoms with Gasteiger partial charge in [0.1, 0.15) is 0 Å². The van der Waals surface area contributed by atoms with Gasteiger partial charge in [-0.1, -0.05) is 29.8 Å². The molecule has 0 saturated carbocycles. The standard InChI is InChI=1S/C13H13ClN4OS/c1-2-7-18-11(16-17-13(18)20)8-15-12(19)9-5-3-4-6-10(9)14/h2-6H,1,7-8H2,(H,15,19)(H,17,20). The number of allylic oxidation sites excluding steroid dienone is 1. The van der Waals surface area contributed by atoms with Gasteiger partial charge in [0.05, 0.1) is 17.1 Å². The fraction of sp³-hybridized carbons (Fsp3) is 0.154. The van der Waals surface area contributed by atoms with Crippen LogP contribution in [-0.2, 0) is 13.1 Å². The Morgan fingerprint density at radius 2 is 2.30 bits per heavy atom. The van der Waals surface area contributed by atoms with Crippen LogP contribution in [-0.4, -0.2) is 20.7 Å². The molecule has 0 spiro atoms. The van der Waals surface area contributed by atoms with E-state index in [0.29, 0.717) is 27.7 Å². The van der Waals surface area contributed by atoms with Crippen molar-refractivity contribution in [3.8, 4) is 0 Å². The molecule has 1 heterocycles. The summed E-state index contributed by atoms with van der Waals surface area (Å²) in [5.74, 6) is 0.380. The Kier molecular flexibility index (Phi) is 4.70. The molecule has 104 valence electrons. The Labute approximate surface area is 126 Å². The Hall–Kier alpha value is -1.92. The number of amides is 1. The van der Waals surface area contributed by atoms with Gasteiger partial charge in [-0.3, -0.25) is 14.5 Å². The second-order valence-corrected chi connectivity index (χ2v) is 4.80. The molecule has 0 aliphatic carbocycles. The summed E-state index contributed by atoms with van der Waals surface area (Å²) in [7, 11) is 0. The Morgan fingerprint density at radius 1 is 1.55 bits per heavy atom. The molecular formula is C13H13ClN4OS. The van der Waals surface area contributed by atoms with Crippen LogP contribution < -0.4 is 5.32 Å². The summed E-state index contributed by atoms with van der Waals surface area (Å²) in [6.07, 6.45) is 1.71. The summed E-state index contributed by atoms with van der Waals surface area (Å²) in [6.45, 7) is 4.45. The van der Waals surface area contributed by atoms with Gasteiger partial charge in [0.15, 0.2) is 10.6 Å². The van der Waals surface area contributed by atoms with E-state index in [4.69, 9.17) is 23.8 Å². The first-order valence-electron chi connectivity index (χ1n) is 5.91. The Balaban J connectivity index is 2.10. The fourth-order valence-corrected chi connectivity index (χ4v) is 2.15. The maximum atomic E-state index is 12.0. The third-order valence-electron chi connectivity index (χ3n) is 2.67. The second kappa shape index (κ2) is 6.49. The number of carbonyl (C=O) groups is 1. The zero-order chi connectivity index (χ0) is 14.5. The van der Waals surface area contributed by atoms with Gasteiger partial charge in [0.25, 0.3) is 5.91 Å². The van der Waals surface area contributed by atoms with Crippen molar-refractivity contribution in [1.82, 2.24) is 20.1 Å². The van der Waals surface area contributed by atoms with Crippen molar-refractivity contribution in [3.05, 3.63) is 58.1 Å². The number of nitrogens with zero attached hydrogens (tertiary/aromatic N) is 2. The van der Waals surface area contributed by atoms with E-state index in [1.807, 2.05) is 0 Å². The van der Waals surface area contributed by atoms with Gasteiger partial charge in [-0.2, -0.15) is 5.10 Å². The van der Waals surface area contributed by atoms with Gasteiger partial charge in [0, 0.05) is 6.54 Å². The number of benzene rings is 1. The number of aromatic amines is 1. The van der Waals surface area contributed by atoms with E-state index in [1.165, 1.54) is 0 Å². The molecule has 20 heavy (non-hydrogen) atoms. The van der Waals surface area contributed by atoms with E-state index in [-0.39, 0.29) is 12.5 Å². The van der Waals surface area contributed by atoms with Crippen molar-refractivity contribution in [3.63, 3.8) is 0 Å². The zero-order valence-corrected chi connectivity index (χ0v) is 12.2. The highest BCUT2D eigenvalue weighted by atomic mass is 35.5. The van der Waals surface area contributed by atoms with Crippen LogP contribution in [0.15, 0.2) is 36.9 Å². The zero-order valence-electron chi connectivity index (χ0n) is 10.6. The van der Waals surface area contributed by atoms with Gasteiger partial charge in [0.2, 0.25) is 0 Å². The van der Waals surface area contributed by atoms with Gasteiger partial charge < -0.3 is 5.32 Å².